The molecule has 2 amide bonds. The van der Waals surface area contributed by atoms with Crippen molar-refractivity contribution in [2.24, 2.45) is 5.73 Å². The van der Waals surface area contributed by atoms with Crippen molar-refractivity contribution < 1.29 is 14.3 Å². The Balaban J connectivity index is 1.54. The number of piperazine rings is 1. The second-order valence-electron chi connectivity index (χ2n) is 7.82. The zero-order valence-electron chi connectivity index (χ0n) is 18.1. The first-order chi connectivity index (χ1) is 15.4. The fourth-order valence-electron chi connectivity index (χ4n) is 4.20. The number of hydrogen-bond donors (Lipinski definition) is 1. The van der Waals surface area contributed by atoms with Crippen molar-refractivity contribution in [3.8, 4) is 5.75 Å². The second kappa shape index (κ2) is 9.04. The van der Waals surface area contributed by atoms with Gasteiger partial charge >= 0.3 is 0 Å². The SMILES string of the molecule is COc1c(C(N)=O)c(CC(=O)N2CCN(c3cc(Cl)ccc3C)CC2)nc2ccccc12. The van der Waals surface area contributed by atoms with Gasteiger partial charge in [0.25, 0.3) is 5.91 Å². The number of nitrogens with zero attached hydrogens (tertiary/aromatic N) is 3. The molecular formula is C24H25ClN4O3. The first kappa shape index (κ1) is 21.9. The second-order valence-corrected chi connectivity index (χ2v) is 8.26. The number of para-hydroxylation sites is 1. The number of fused-ring (bicyclic) bond motifs is 1. The number of methoxy groups -OCH3 is 1. The number of hydrogen-bond acceptors (Lipinski definition) is 5. The maximum atomic E-state index is 13.1. The first-order valence-corrected chi connectivity index (χ1v) is 10.8. The standard InChI is InChI=1S/C24H25ClN4O3/c1-15-7-8-16(25)13-20(15)28-9-11-29(12-10-28)21(30)14-19-22(24(26)31)23(32-2)17-5-3-4-6-18(17)27-19/h3-8,13H,9-12,14H2,1-2H3,(H2,26,31). The lowest BCUT2D eigenvalue weighted by atomic mass is 10.0. The van der Waals surface area contributed by atoms with Crippen molar-refractivity contribution in [3.05, 3.63) is 64.3 Å². The highest BCUT2D eigenvalue weighted by atomic mass is 35.5. The van der Waals surface area contributed by atoms with Crippen molar-refractivity contribution in [1.82, 2.24) is 9.88 Å². The Hall–Kier alpha value is -3.32. The van der Waals surface area contributed by atoms with Crippen LogP contribution in [-0.4, -0.2) is 55.0 Å². The van der Waals surface area contributed by atoms with E-state index in [1.807, 2.05) is 49.4 Å². The Bertz CT molecular complexity index is 1190. The van der Waals surface area contributed by atoms with Crippen LogP contribution in [0, 0.1) is 6.92 Å². The molecule has 2 N–H and O–H groups in total. The number of aromatic nitrogens is 1. The predicted octanol–water partition coefficient (Wildman–Crippen LogP) is 3.20. The van der Waals surface area contributed by atoms with Gasteiger partial charge in [0.2, 0.25) is 5.91 Å². The quantitative estimate of drug-likeness (QED) is 0.642. The Morgan fingerprint density at radius 1 is 1.12 bits per heavy atom. The molecule has 2 heterocycles. The third-order valence-electron chi connectivity index (χ3n) is 5.83. The molecule has 0 atom stereocenters. The summed E-state index contributed by atoms with van der Waals surface area (Å²) in [6.45, 7) is 4.59. The maximum absolute atomic E-state index is 13.1. The van der Waals surface area contributed by atoms with Crippen molar-refractivity contribution in [1.29, 1.82) is 0 Å². The Labute approximate surface area is 191 Å². The summed E-state index contributed by atoms with van der Waals surface area (Å²) in [6, 6.07) is 13.2. The smallest absolute Gasteiger partial charge is 0.254 e. The summed E-state index contributed by atoms with van der Waals surface area (Å²) in [4.78, 5) is 33.9. The highest BCUT2D eigenvalue weighted by Crippen LogP contribution is 2.31. The van der Waals surface area contributed by atoms with E-state index in [2.05, 4.69) is 9.88 Å². The first-order valence-electron chi connectivity index (χ1n) is 10.4. The molecule has 7 nitrogen and oxygen atoms in total. The highest BCUT2D eigenvalue weighted by Gasteiger charge is 2.26. The number of carbonyl (C=O) groups excluding carboxylic acids is 2. The summed E-state index contributed by atoms with van der Waals surface area (Å²) in [5.74, 6) is -0.406. The Kier molecular flexibility index (Phi) is 6.19. The average molecular weight is 453 g/mol. The number of ether oxygens (including phenoxy) is 1. The molecule has 4 rings (SSSR count). The van der Waals surface area contributed by atoms with Gasteiger partial charge in [-0.25, -0.2) is 0 Å². The van der Waals surface area contributed by atoms with Crippen LogP contribution in [0.25, 0.3) is 10.9 Å². The van der Waals surface area contributed by atoms with Gasteiger partial charge in [0, 0.05) is 42.3 Å². The summed E-state index contributed by atoms with van der Waals surface area (Å²) in [6.07, 6.45) is -0.0182. The molecule has 0 spiro atoms. The molecule has 0 radical (unpaired) electrons. The molecule has 2 aromatic carbocycles. The average Bonchev–Trinajstić information content (AvgIpc) is 2.79. The van der Waals surface area contributed by atoms with Gasteiger partial charge in [0.05, 0.1) is 24.7 Å². The van der Waals surface area contributed by atoms with E-state index >= 15 is 0 Å². The number of primary amides is 1. The van der Waals surface area contributed by atoms with Crippen LogP contribution in [0.1, 0.15) is 21.6 Å². The molecule has 0 bridgehead atoms. The lowest BCUT2D eigenvalue weighted by Gasteiger charge is -2.37. The van der Waals surface area contributed by atoms with Gasteiger partial charge in [-0.05, 0) is 36.8 Å². The van der Waals surface area contributed by atoms with Gasteiger partial charge in [-0.1, -0.05) is 29.8 Å². The summed E-state index contributed by atoms with van der Waals surface area (Å²) in [7, 11) is 1.48. The Morgan fingerprint density at radius 2 is 1.84 bits per heavy atom. The number of aryl methyl sites for hydroxylation is 1. The van der Waals surface area contributed by atoms with E-state index in [1.165, 1.54) is 7.11 Å². The summed E-state index contributed by atoms with van der Waals surface area (Å²) < 4.78 is 5.49. The number of pyridine rings is 1. The minimum atomic E-state index is -0.663. The predicted molar refractivity (Wildman–Crippen MR) is 125 cm³/mol. The molecule has 8 heteroatoms. The summed E-state index contributed by atoms with van der Waals surface area (Å²) in [5.41, 5.74) is 9.02. The number of halogens is 1. The van der Waals surface area contributed by atoms with Crippen LogP contribution < -0.4 is 15.4 Å². The van der Waals surface area contributed by atoms with Crippen LogP contribution in [0.4, 0.5) is 5.69 Å². The minimum absolute atomic E-state index is 0.0182. The van der Waals surface area contributed by atoms with Gasteiger partial charge in [-0.2, -0.15) is 0 Å². The third kappa shape index (κ3) is 4.21. The minimum Gasteiger partial charge on any atom is -0.495 e. The fourth-order valence-corrected chi connectivity index (χ4v) is 4.37. The van der Waals surface area contributed by atoms with Crippen LogP contribution in [0.2, 0.25) is 5.02 Å². The lowest BCUT2D eigenvalue weighted by molar-refractivity contribution is -0.130. The number of benzene rings is 2. The van der Waals surface area contributed by atoms with E-state index in [9.17, 15) is 9.59 Å². The van der Waals surface area contributed by atoms with Crippen LogP contribution in [-0.2, 0) is 11.2 Å². The molecule has 0 aliphatic carbocycles. The molecule has 32 heavy (non-hydrogen) atoms. The van der Waals surface area contributed by atoms with E-state index in [0.29, 0.717) is 53.5 Å². The largest absolute Gasteiger partial charge is 0.495 e. The van der Waals surface area contributed by atoms with E-state index < -0.39 is 5.91 Å². The topological polar surface area (TPSA) is 88.8 Å². The normalized spacial score (nSPS) is 14.0. The van der Waals surface area contributed by atoms with Gasteiger partial charge in [-0.3, -0.25) is 14.6 Å². The molecule has 1 saturated heterocycles. The van der Waals surface area contributed by atoms with Gasteiger partial charge < -0.3 is 20.3 Å². The summed E-state index contributed by atoms with van der Waals surface area (Å²) >= 11 is 6.17. The van der Waals surface area contributed by atoms with Crippen molar-refractivity contribution in [3.63, 3.8) is 0 Å². The Morgan fingerprint density at radius 3 is 2.53 bits per heavy atom. The number of nitrogens with two attached hydrogens (primary N) is 1. The van der Waals surface area contributed by atoms with Crippen LogP contribution >= 0.6 is 11.6 Å². The van der Waals surface area contributed by atoms with E-state index in [0.717, 1.165) is 11.3 Å². The van der Waals surface area contributed by atoms with Crippen LogP contribution in [0.3, 0.4) is 0 Å². The fraction of sp³-hybridized carbons (Fsp3) is 0.292. The van der Waals surface area contributed by atoms with E-state index in [1.54, 1.807) is 4.90 Å². The van der Waals surface area contributed by atoms with Crippen molar-refractivity contribution in [2.45, 2.75) is 13.3 Å². The molecular weight excluding hydrogens is 428 g/mol. The molecule has 166 valence electrons. The lowest BCUT2D eigenvalue weighted by Crippen LogP contribution is -2.49. The zero-order chi connectivity index (χ0) is 22.8. The highest BCUT2D eigenvalue weighted by molar-refractivity contribution is 6.30. The molecule has 0 saturated carbocycles. The number of carbonyl (C=O) groups is 2. The van der Waals surface area contributed by atoms with Gasteiger partial charge in [0.1, 0.15) is 11.3 Å². The molecule has 1 aliphatic rings. The molecule has 1 aliphatic heterocycles. The van der Waals surface area contributed by atoms with Crippen molar-refractivity contribution in [2.75, 3.05) is 38.2 Å². The number of rotatable bonds is 5. The number of amides is 2. The van der Waals surface area contributed by atoms with Crippen molar-refractivity contribution >= 4 is 40.0 Å². The monoisotopic (exact) mass is 452 g/mol. The molecule has 1 fully saturated rings. The molecule has 1 aromatic heterocycles. The van der Waals surface area contributed by atoms with Gasteiger partial charge in [-0.15, -0.1) is 0 Å². The van der Waals surface area contributed by atoms with Crippen LogP contribution in [0.15, 0.2) is 42.5 Å². The maximum Gasteiger partial charge on any atom is 0.254 e. The molecule has 0 unspecified atom stereocenters. The van der Waals surface area contributed by atoms with Crippen LogP contribution in [0.5, 0.6) is 5.75 Å². The third-order valence-corrected chi connectivity index (χ3v) is 6.07. The summed E-state index contributed by atoms with van der Waals surface area (Å²) in [5, 5.41) is 1.38. The van der Waals surface area contributed by atoms with E-state index in [-0.39, 0.29) is 17.9 Å². The van der Waals surface area contributed by atoms with Gasteiger partial charge in [0.15, 0.2) is 0 Å². The zero-order valence-corrected chi connectivity index (χ0v) is 18.9. The number of anilines is 1. The van der Waals surface area contributed by atoms with E-state index in [4.69, 9.17) is 22.1 Å². The molecule has 3 aromatic rings.